The Morgan fingerprint density at radius 3 is 2.81 bits per heavy atom. The molecule has 1 aliphatic rings. The van der Waals surface area contributed by atoms with Crippen LogP contribution in [-0.2, 0) is 0 Å². The quantitative estimate of drug-likeness (QED) is 0.637. The van der Waals surface area contributed by atoms with E-state index >= 15 is 0 Å². The van der Waals surface area contributed by atoms with E-state index in [1.54, 1.807) is 18.2 Å². The van der Waals surface area contributed by atoms with Crippen LogP contribution in [0, 0.1) is 0 Å². The Morgan fingerprint density at radius 2 is 2.06 bits per heavy atom. The molecular weight excluding hydrogens is 226 g/mol. The van der Waals surface area contributed by atoms with Crippen molar-refractivity contribution < 1.29 is 14.3 Å². The second-order valence-corrected chi connectivity index (χ2v) is 3.98. The van der Waals surface area contributed by atoms with Crippen molar-refractivity contribution in [3.8, 4) is 11.5 Å². The first kappa shape index (κ1) is 10.9. The summed E-state index contributed by atoms with van der Waals surface area (Å²) in [6.45, 7) is 0.208. The summed E-state index contributed by atoms with van der Waals surface area (Å²) in [6, 6.07) is 5.13. The van der Waals surface area contributed by atoms with Crippen molar-refractivity contribution in [3.63, 3.8) is 0 Å². The molecular formula is C11H11NO3S. The van der Waals surface area contributed by atoms with Crippen molar-refractivity contribution >= 4 is 23.0 Å². The van der Waals surface area contributed by atoms with E-state index in [-0.39, 0.29) is 12.6 Å². The normalized spacial score (nSPS) is 12.5. The number of thiocarbonyl (C=S) groups is 1. The summed E-state index contributed by atoms with van der Waals surface area (Å²) in [5.41, 5.74) is 5.94. The van der Waals surface area contributed by atoms with Crippen LogP contribution in [0.5, 0.6) is 11.5 Å². The zero-order chi connectivity index (χ0) is 11.5. The van der Waals surface area contributed by atoms with E-state index in [2.05, 4.69) is 0 Å². The molecule has 5 heteroatoms. The van der Waals surface area contributed by atoms with Crippen LogP contribution in [0.4, 0.5) is 0 Å². The Hall–Kier alpha value is -1.62. The first-order valence-electron chi connectivity index (χ1n) is 4.88. The summed E-state index contributed by atoms with van der Waals surface area (Å²) in [7, 11) is 0. The molecule has 0 aromatic heterocycles. The molecule has 0 saturated carbocycles. The Balaban J connectivity index is 2.09. The Labute approximate surface area is 98.3 Å². The average molecular weight is 237 g/mol. The van der Waals surface area contributed by atoms with Crippen molar-refractivity contribution in [2.45, 2.75) is 12.8 Å². The molecule has 0 saturated heterocycles. The van der Waals surface area contributed by atoms with Crippen LogP contribution in [0.1, 0.15) is 23.2 Å². The highest BCUT2D eigenvalue weighted by molar-refractivity contribution is 7.80. The summed E-state index contributed by atoms with van der Waals surface area (Å²) in [4.78, 5) is 12.1. The lowest BCUT2D eigenvalue weighted by molar-refractivity contribution is 0.0984. The summed E-state index contributed by atoms with van der Waals surface area (Å²) >= 11 is 4.72. The van der Waals surface area contributed by atoms with Crippen LogP contribution in [0.3, 0.4) is 0 Å². The SMILES string of the molecule is NC(=S)CCC(=O)c1ccc2c(c1)OCO2. The minimum atomic E-state index is 0.00565. The summed E-state index contributed by atoms with van der Waals surface area (Å²) in [5.74, 6) is 1.29. The van der Waals surface area contributed by atoms with Crippen molar-refractivity contribution in [2.75, 3.05) is 6.79 Å². The fourth-order valence-corrected chi connectivity index (χ4v) is 1.55. The van der Waals surface area contributed by atoms with Crippen LogP contribution in [0.25, 0.3) is 0 Å². The molecule has 1 heterocycles. The van der Waals surface area contributed by atoms with E-state index < -0.39 is 0 Å². The van der Waals surface area contributed by atoms with Gasteiger partial charge in [0.05, 0.1) is 4.99 Å². The number of benzene rings is 1. The minimum absolute atomic E-state index is 0.00565. The number of nitrogens with two attached hydrogens (primary N) is 1. The van der Waals surface area contributed by atoms with Gasteiger partial charge in [0.25, 0.3) is 0 Å². The smallest absolute Gasteiger partial charge is 0.231 e. The molecule has 0 radical (unpaired) electrons. The number of fused-ring (bicyclic) bond motifs is 1. The van der Waals surface area contributed by atoms with Gasteiger partial charge < -0.3 is 15.2 Å². The number of carbonyl (C=O) groups excluding carboxylic acids is 1. The van der Waals surface area contributed by atoms with E-state index in [4.69, 9.17) is 27.4 Å². The van der Waals surface area contributed by atoms with Gasteiger partial charge in [-0.1, -0.05) is 12.2 Å². The molecule has 4 nitrogen and oxygen atoms in total. The fraction of sp³-hybridized carbons (Fsp3) is 0.273. The van der Waals surface area contributed by atoms with Crippen LogP contribution in [0.15, 0.2) is 18.2 Å². The minimum Gasteiger partial charge on any atom is -0.454 e. The Bertz CT molecular complexity index is 445. The second-order valence-electron chi connectivity index (χ2n) is 3.46. The molecule has 2 rings (SSSR count). The summed E-state index contributed by atoms with van der Waals surface area (Å²) in [5, 5.41) is 0. The summed E-state index contributed by atoms with van der Waals surface area (Å²) < 4.78 is 10.3. The van der Waals surface area contributed by atoms with Crippen LogP contribution < -0.4 is 15.2 Å². The molecule has 1 aromatic rings. The highest BCUT2D eigenvalue weighted by Gasteiger charge is 2.15. The number of carbonyl (C=O) groups is 1. The molecule has 0 spiro atoms. The third kappa shape index (κ3) is 2.30. The molecule has 16 heavy (non-hydrogen) atoms. The van der Waals surface area contributed by atoms with Gasteiger partial charge in [-0.3, -0.25) is 4.79 Å². The van der Waals surface area contributed by atoms with E-state index in [0.717, 1.165) is 0 Å². The maximum atomic E-state index is 11.7. The molecule has 0 amide bonds. The molecule has 0 bridgehead atoms. The average Bonchev–Trinajstić information content (AvgIpc) is 2.72. The van der Waals surface area contributed by atoms with Crippen molar-refractivity contribution in [2.24, 2.45) is 5.73 Å². The standard InChI is InChI=1S/C11H11NO3S/c12-11(16)4-2-8(13)7-1-3-9-10(5-7)15-6-14-9/h1,3,5H,2,4,6H2,(H2,12,16). The number of Topliss-reactive ketones (excluding diaryl/α,β-unsaturated/α-hetero) is 1. The number of ketones is 1. The highest BCUT2D eigenvalue weighted by atomic mass is 32.1. The van der Waals surface area contributed by atoms with Crippen LogP contribution >= 0.6 is 12.2 Å². The Kier molecular flexibility index (Phi) is 3.05. The predicted octanol–water partition coefficient (Wildman–Crippen LogP) is 1.66. The van der Waals surface area contributed by atoms with E-state index in [9.17, 15) is 4.79 Å². The van der Waals surface area contributed by atoms with Gasteiger partial charge in [-0.05, 0) is 18.2 Å². The van der Waals surface area contributed by atoms with E-state index in [0.29, 0.717) is 34.9 Å². The number of hydrogen-bond acceptors (Lipinski definition) is 4. The fourth-order valence-electron chi connectivity index (χ4n) is 1.45. The van der Waals surface area contributed by atoms with Crippen LogP contribution in [-0.4, -0.2) is 17.6 Å². The van der Waals surface area contributed by atoms with Crippen molar-refractivity contribution in [1.29, 1.82) is 0 Å². The van der Waals surface area contributed by atoms with Gasteiger partial charge in [0, 0.05) is 18.4 Å². The van der Waals surface area contributed by atoms with Gasteiger partial charge in [0.2, 0.25) is 6.79 Å². The van der Waals surface area contributed by atoms with Crippen LogP contribution in [0.2, 0.25) is 0 Å². The lowest BCUT2D eigenvalue weighted by atomic mass is 10.1. The number of rotatable bonds is 4. The van der Waals surface area contributed by atoms with Gasteiger partial charge in [-0.25, -0.2) is 0 Å². The van der Waals surface area contributed by atoms with Gasteiger partial charge in [-0.15, -0.1) is 0 Å². The zero-order valence-electron chi connectivity index (χ0n) is 8.56. The molecule has 84 valence electrons. The lowest BCUT2D eigenvalue weighted by Gasteiger charge is -2.01. The molecule has 1 aliphatic heterocycles. The molecule has 0 unspecified atom stereocenters. The maximum absolute atomic E-state index is 11.7. The molecule has 0 aliphatic carbocycles. The third-order valence-electron chi connectivity index (χ3n) is 2.29. The molecule has 0 atom stereocenters. The maximum Gasteiger partial charge on any atom is 0.231 e. The highest BCUT2D eigenvalue weighted by Crippen LogP contribution is 2.32. The van der Waals surface area contributed by atoms with Gasteiger partial charge in [0.1, 0.15) is 0 Å². The Morgan fingerprint density at radius 1 is 1.31 bits per heavy atom. The zero-order valence-corrected chi connectivity index (χ0v) is 9.38. The third-order valence-corrected chi connectivity index (χ3v) is 2.50. The number of ether oxygens (including phenoxy) is 2. The van der Waals surface area contributed by atoms with E-state index in [1.807, 2.05) is 0 Å². The first-order chi connectivity index (χ1) is 7.66. The van der Waals surface area contributed by atoms with Gasteiger partial charge in [0.15, 0.2) is 17.3 Å². The second kappa shape index (κ2) is 4.49. The molecule has 2 N–H and O–H groups in total. The van der Waals surface area contributed by atoms with E-state index in [1.165, 1.54) is 0 Å². The lowest BCUT2D eigenvalue weighted by Crippen LogP contribution is -2.10. The monoisotopic (exact) mass is 237 g/mol. The topological polar surface area (TPSA) is 61.6 Å². The van der Waals surface area contributed by atoms with Gasteiger partial charge >= 0.3 is 0 Å². The van der Waals surface area contributed by atoms with Crippen molar-refractivity contribution in [3.05, 3.63) is 23.8 Å². The number of hydrogen-bond donors (Lipinski definition) is 1. The van der Waals surface area contributed by atoms with Gasteiger partial charge in [-0.2, -0.15) is 0 Å². The predicted molar refractivity (Wildman–Crippen MR) is 62.9 cm³/mol. The molecule has 1 aromatic carbocycles. The first-order valence-corrected chi connectivity index (χ1v) is 5.29. The summed E-state index contributed by atoms with van der Waals surface area (Å²) in [6.07, 6.45) is 0.761. The molecule has 0 fully saturated rings. The van der Waals surface area contributed by atoms with Crippen molar-refractivity contribution in [1.82, 2.24) is 0 Å². The largest absolute Gasteiger partial charge is 0.454 e.